The molecule has 0 saturated carbocycles. The van der Waals surface area contributed by atoms with Gasteiger partial charge in [0.25, 0.3) is 0 Å². The van der Waals surface area contributed by atoms with Crippen molar-refractivity contribution in [3.63, 3.8) is 0 Å². The number of hydrogen-bond donors (Lipinski definition) is 0. The second-order valence-electron chi connectivity index (χ2n) is 3.91. The third-order valence-electron chi connectivity index (χ3n) is 2.63. The molecule has 2 rings (SSSR count). The Morgan fingerprint density at radius 3 is 2.93 bits per heavy atom. The molecule has 2 nitrogen and oxygen atoms in total. The van der Waals surface area contributed by atoms with E-state index >= 15 is 0 Å². The molecule has 0 spiro atoms. The van der Waals surface area contributed by atoms with Gasteiger partial charge in [0.05, 0.1) is 0 Å². The lowest BCUT2D eigenvalue weighted by Gasteiger charge is -2.15. The van der Waals surface area contributed by atoms with Crippen molar-refractivity contribution in [3.05, 3.63) is 35.4 Å². The first-order valence-electron chi connectivity index (χ1n) is 5.09. The topological polar surface area (TPSA) is 20.3 Å². The molecular formula is C12H15NO. The molecule has 0 atom stereocenters. The van der Waals surface area contributed by atoms with Crippen LogP contribution in [0.5, 0.6) is 0 Å². The van der Waals surface area contributed by atoms with Crippen LogP contribution in [0.3, 0.4) is 0 Å². The molecule has 0 unspecified atom stereocenters. The number of hydrogen-bond acceptors (Lipinski definition) is 1. The average Bonchev–Trinajstić information content (AvgIpc) is 2.52. The first-order chi connectivity index (χ1) is 6.75. The zero-order chi connectivity index (χ0) is 9.97. The van der Waals surface area contributed by atoms with Gasteiger partial charge in [-0.1, -0.05) is 29.8 Å². The van der Waals surface area contributed by atoms with E-state index in [1.54, 1.807) is 0 Å². The van der Waals surface area contributed by atoms with Gasteiger partial charge in [-0.2, -0.15) is 0 Å². The Labute approximate surface area is 84.5 Å². The van der Waals surface area contributed by atoms with Crippen LogP contribution in [0.1, 0.15) is 24.0 Å². The van der Waals surface area contributed by atoms with Gasteiger partial charge in [-0.25, -0.2) is 0 Å². The Morgan fingerprint density at radius 2 is 2.29 bits per heavy atom. The summed E-state index contributed by atoms with van der Waals surface area (Å²) in [5.41, 5.74) is 2.49. The minimum absolute atomic E-state index is 0.298. The Kier molecular flexibility index (Phi) is 2.53. The number of rotatable bonds is 2. The fourth-order valence-corrected chi connectivity index (χ4v) is 1.90. The molecule has 14 heavy (non-hydrogen) atoms. The van der Waals surface area contributed by atoms with Gasteiger partial charge in [-0.05, 0) is 18.9 Å². The maximum atomic E-state index is 11.4. The van der Waals surface area contributed by atoms with E-state index in [2.05, 4.69) is 25.1 Å². The van der Waals surface area contributed by atoms with E-state index in [9.17, 15) is 4.79 Å². The summed E-state index contributed by atoms with van der Waals surface area (Å²) < 4.78 is 0. The zero-order valence-corrected chi connectivity index (χ0v) is 8.49. The molecule has 1 aliphatic heterocycles. The van der Waals surface area contributed by atoms with Crippen molar-refractivity contribution in [2.75, 3.05) is 6.54 Å². The fraction of sp³-hybridized carbons (Fsp3) is 0.417. The summed E-state index contributed by atoms with van der Waals surface area (Å²) in [6.45, 7) is 3.78. The quantitative estimate of drug-likeness (QED) is 0.697. The van der Waals surface area contributed by atoms with Gasteiger partial charge in [0.2, 0.25) is 5.91 Å². The maximum Gasteiger partial charge on any atom is 0.222 e. The molecule has 1 aromatic rings. The summed E-state index contributed by atoms with van der Waals surface area (Å²) in [5.74, 6) is 0.298. The van der Waals surface area contributed by atoms with E-state index in [0.717, 1.165) is 25.9 Å². The second kappa shape index (κ2) is 3.82. The minimum atomic E-state index is 0.298. The molecule has 74 valence electrons. The highest BCUT2D eigenvalue weighted by Gasteiger charge is 2.19. The molecule has 1 saturated heterocycles. The Morgan fingerprint density at radius 1 is 1.43 bits per heavy atom. The monoisotopic (exact) mass is 189 g/mol. The maximum absolute atomic E-state index is 11.4. The normalized spacial score (nSPS) is 16.4. The van der Waals surface area contributed by atoms with E-state index in [0.29, 0.717) is 5.91 Å². The van der Waals surface area contributed by atoms with Crippen LogP contribution < -0.4 is 0 Å². The number of aryl methyl sites for hydroxylation is 1. The van der Waals surface area contributed by atoms with Gasteiger partial charge in [0.15, 0.2) is 0 Å². The molecule has 0 aliphatic carbocycles. The van der Waals surface area contributed by atoms with Gasteiger partial charge >= 0.3 is 0 Å². The molecule has 1 amide bonds. The Hall–Kier alpha value is -1.31. The van der Waals surface area contributed by atoms with Crippen molar-refractivity contribution >= 4 is 5.91 Å². The molecule has 0 aromatic heterocycles. The van der Waals surface area contributed by atoms with Crippen molar-refractivity contribution < 1.29 is 4.79 Å². The van der Waals surface area contributed by atoms with E-state index < -0.39 is 0 Å². The van der Waals surface area contributed by atoms with Crippen molar-refractivity contribution in [2.24, 2.45) is 0 Å². The van der Waals surface area contributed by atoms with Crippen molar-refractivity contribution in [1.82, 2.24) is 4.90 Å². The smallest absolute Gasteiger partial charge is 0.222 e. The molecule has 1 aliphatic rings. The average molecular weight is 189 g/mol. The number of amides is 1. The fourth-order valence-electron chi connectivity index (χ4n) is 1.90. The second-order valence-corrected chi connectivity index (χ2v) is 3.91. The van der Waals surface area contributed by atoms with Gasteiger partial charge in [0.1, 0.15) is 0 Å². The number of carbonyl (C=O) groups excluding carboxylic acids is 1. The summed E-state index contributed by atoms with van der Waals surface area (Å²) in [6, 6.07) is 8.35. The van der Waals surface area contributed by atoms with Crippen molar-refractivity contribution in [3.8, 4) is 0 Å². The first kappa shape index (κ1) is 9.25. The molecule has 0 radical (unpaired) electrons. The van der Waals surface area contributed by atoms with Gasteiger partial charge in [-0.3, -0.25) is 4.79 Å². The lowest BCUT2D eigenvalue weighted by Crippen LogP contribution is -2.23. The highest BCUT2D eigenvalue weighted by Crippen LogP contribution is 2.14. The molecule has 1 heterocycles. The van der Waals surface area contributed by atoms with E-state index in [-0.39, 0.29) is 0 Å². The van der Waals surface area contributed by atoms with Crippen LogP contribution in [0.15, 0.2) is 24.3 Å². The number of nitrogens with zero attached hydrogens (tertiary/aromatic N) is 1. The lowest BCUT2D eigenvalue weighted by molar-refractivity contribution is -0.128. The zero-order valence-electron chi connectivity index (χ0n) is 8.49. The standard InChI is InChI=1S/C12H15NO/c1-10-4-2-5-11(8-10)9-13-7-3-6-12(13)14/h2,4-5,8H,3,6-7,9H2,1H3. The SMILES string of the molecule is Cc1cccc(CN2CCCC2=O)c1. The summed E-state index contributed by atoms with van der Waals surface area (Å²) in [5, 5.41) is 0. The van der Waals surface area contributed by atoms with Crippen LogP contribution in [0.2, 0.25) is 0 Å². The van der Waals surface area contributed by atoms with Gasteiger partial charge in [0, 0.05) is 19.5 Å². The number of benzene rings is 1. The van der Waals surface area contributed by atoms with Crippen LogP contribution in [0.4, 0.5) is 0 Å². The van der Waals surface area contributed by atoms with E-state index in [4.69, 9.17) is 0 Å². The predicted octanol–water partition coefficient (Wildman–Crippen LogP) is 2.12. The third kappa shape index (κ3) is 1.95. The summed E-state index contributed by atoms with van der Waals surface area (Å²) in [4.78, 5) is 13.3. The minimum Gasteiger partial charge on any atom is -0.338 e. The van der Waals surface area contributed by atoms with Crippen molar-refractivity contribution in [1.29, 1.82) is 0 Å². The Balaban J connectivity index is 2.07. The highest BCUT2D eigenvalue weighted by molar-refractivity contribution is 5.78. The molecule has 1 aromatic carbocycles. The molecule has 0 bridgehead atoms. The largest absolute Gasteiger partial charge is 0.338 e. The van der Waals surface area contributed by atoms with Crippen molar-refractivity contribution in [2.45, 2.75) is 26.3 Å². The summed E-state index contributed by atoms with van der Waals surface area (Å²) >= 11 is 0. The van der Waals surface area contributed by atoms with E-state index in [1.165, 1.54) is 11.1 Å². The van der Waals surface area contributed by atoms with Gasteiger partial charge in [-0.15, -0.1) is 0 Å². The van der Waals surface area contributed by atoms with Crippen LogP contribution in [0, 0.1) is 6.92 Å². The highest BCUT2D eigenvalue weighted by atomic mass is 16.2. The third-order valence-corrected chi connectivity index (χ3v) is 2.63. The molecule has 2 heteroatoms. The van der Waals surface area contributed by atoms with Crippen LogP contribution in [0.25, 0.3) is 0 Å². The molecule has 0 N–H and O–H groups in total. The number of carbonyl (C=O) groups is 1. The van der Waals surface area contributed by atoms with Crippen LogP contribution in [-0.4, -0.2) is 17.4 Å². The molecular weight excluding hydrogens is 174 g/mol. The lowest BCUT2D eigenvalue weighted by atomic mass is 10.1. The Bertz CT molecular complexity index is 346. The summed E-state index contributed by atoms with van der Waals surface area (Å²) in [7, 11) is 0. The van der Waals surface area contributed by atoms with Crippen LogP contribution in [-0.2, 0) is 11.3 Å². The van der Waals surface area contributed by atoms with E-state index in [1.807, 2.05) is 11.0 Å². The van der Waals surface area contributed by atoms with Crippen LogP contribution >= 0.6 is 0 Å². The van der Waals surface area contributed by atoms with Gasteiger partial charge < -0.3 is 4.90 Å². The predicted molar refractivity (Wildman–Crippen MR) is 55.8 cm³/mol. The molecule has 1 fully saturated rings. The number of likely N-dealkylation sites (tertiary alicyclic amines) is 1. The summed E-state index contributed by atoms with van der Waals surface area (Å²) in [6.07, 6.45) is 1.75. The first-order valence-corrected chi connectivity index (χ1v) is 5.09.